The minimum Gasteiger partial charge on any atom is -0.383 e. The van der Waals surface area contributed by atoms with E-state index in [9.17, 15) is 0 Å². The summed E-state index contributed by atoms with van der Waals surface area (Å²) >= 11 is 0. The lowest BCUT2D eigenvalue weighted by Crippen LogP contribution is -2.28. The molecule has 2 nitrogen and oxygen atoms in total. The van der Waals surface area contributed by atoms with E-state index in [4.69, 9.17) is 5.26 Å². The first-order chi connectivity index (χ1) is 7.47. The quantitative estimate of drug-likeness (QED) is 0.833. The Morgan fingerprint density at radius 3 is 2.50 bits per heavy atom. The minimum absolute atomic E-state index is 0.225. The van der Waals surface area contributed by atoms with Crippen LogP contribution in [0.1, 0.15) is 33.3 Å². The predicted molar refractivity (Wildman–Crippen MR) is 68.3 cm³/mol. The van der Waals surface area contributed by atoms with E-state index in [-0.39, 0.29) is 5.41 Å². The van der Waals surface area contributed by atoms with Gasteiger partial charge in [0.2, 0.25) is 0 Å². The molecule has 1 N–H and O–H groups in total. The molecular weight excluding hydrogens is 196 g/mol. The second-order valence-corrected chi connectivity index (χ2v) is 5.15. The first kappa shape index (κ1) is 12.6. The Labute approximate surface area is 98.3 Å². The molecule has 86 valence electrons. The Bertz CT molecular complexity index is 386. The van der Waals surface area contributed by atoms with Crippen molar-refractivity contribution in [2.75, 3.05) is 11.9 Å². The van der Waals surface area contributed by atoms with Crippen LogP contribution >= 0.6 is 0 Å². The van der Waals surface area contributed by atoms with E-state index in [1.807, 2.05) is 24.3 Å². The van der Waals surface area contributed by atoms with Crippen LogP contribution < -0.4 is 5.32 Å². The molecule has 1 rings (SSSR count). The molecule has 0 radical (unpaired) electrons. The van der Waals surface area contributed by atoms with Gasteiger partial charge < -0.3 is 5.32 Å². The maximum absolute atomic E-state index is 8.97. The highest BCUT2D eigenvalue weighted by molar-refractivity contribution is 5.57. The van der Waals surface area contributed by atoms with Crippen LogP contribution in [0, 0.1) is 22.7 Å². The Hall–Kier alpha value is -1.49. The molecule has 0 atom stereocenters. The molecule has 0 amide bonds. The molecule has 0 fully saturated rings. The van der Waals surface area contributed by atoms with Gasteiger partial charge in [-0.15, -0.1) is 0 Å². The smallest absolute Gasteiger partial charge is 0.101 e. The van der Waals surface area contributed by atoms with Crippen molar-refractivity contribution in [3.05, 3.63) is 29.8 Å². The van der Waals surface area contributed by atoms with Crippen molar-refractivity contribution in [2.45, 2.75) is 27.7 Å². The number of rotatable bonds is 4. The summed E-state index contributed by atoms with van der Waals surface area (Å²) in [7, 11) is 0. The third-order valence-corrected chi connectivity index (χ3v) is 3.34. The summed E-state index contributed by atoms with van der Waals surface area (Å²) in [5.41, 5.74) is 1.86. The number of nitriles is 1. The number of hydrogen-bond acceptors (Lipinski definition) is 2. The minimum atomic E-state index is 0.225. The molecule has 0 aliphatic heterocycles. The predicted octanol–water partition coefficient (Wildman–Crippen LogP) is 3.65. The Balaban J connectivity index is 2.72. The van der Waals surface area contributed by atoms with Crippen LogP contribution in [-0.4, -0.2) is 6.54 Å². The Kier molecular flexibility index (Phi) is 3.95. The fraction of sp³-hybridized carbons (Fsp3) is 0.500. The fourth-order valence-electron chi connectivity index (χ4n) is 1.26. The summed E-state index contributed by atoms with van der Waals surface area (Å²) in [6, 6.07) is 9.83. The van der Waals surface area contributed by atoms with Gasteiger partial charge in [-0.05, 0) is 23.5 Å². The normalized spacial score (nSPS) is 11.2. The molecule has 0 aromatic heterocycles. The van der Waals surface area contributed by atoms with E-state index in [0.29, 0.717) is 11.5 Å². The Morgan fingerprint density at radius 2 is 1.94 bits per heavy atom. The van der Waals surface area contributed by atoms with Gasteiger partial charge in [-0.25, -0.2) is 0 Å². The van der Waals surface area contributed by atoms with Crippen molar-refractivity contribution >= 4 is 5.69 Å². The summed E-state index contributed by atoms with van der Waals surface area (Å²) in [6.45, 7) is 9.79. The van der Waals surface area contributed by atoms with Gasteiger partial charge in [-0.2, -0.15) is 5.26 Å². The number of anilines is 1. The van der Waals surface area contributed by atoms with Crippen molar-refractivity contribution in [3.63, 3.8) is 0 Å². The molecule has 1 aromatic rings. The molecule has 1 aromatic carbocycles. The first-order valence-corrected chi connectivity index (χ1v) is 5.70. The van der Waals surface area contributed by atoms with E-state index in [1.54, 1.807) is 0 Å². The molecule has 0 heterocycles. The van der Waals surface area contributed by atoms with Crippen LogP contribution in [0.4, 0.5) is 5.69 Å². The zero-order chi connectivity index (χ0) is 12.2. The molecule has 0 spiro atoms. The van der Waals surface area contributed by atoms with Crippen LogP contribution in [0.15, 0.2) is 24.3 Å². The highest BCUT2D eigenvalue weighted by Crippen LogP contribution is 2.26. The van der Waals surface area contributed by atoms with Crippen molar-refractivity contribution in [1.29, 1.82) is 5.26 Å². The van der Waals surface area contributed by atoms with Crippen molar-refractivity contribution in [1.82, 2.24) is 0 Å². The zero-order valence-electron chi connectivity index (χ0n) is 10.5. The average Bonchev–Trinajstić information content (AvgIpc) is 2.26. The second-order valence-electron chi connectivity index (χ2n) is 5.15. The summed E-state index contributed by atoms with van der Waals surface area (Å²) in [5.74, 6) is 0.606. The van der Waals surface area contributed by atoms with E-state index in [0.717, 1.165) is 12.2 Å². The molecule has 0 aliphatic rings. The number of hydrogen-bond donors (Lipinski definition) is 1. The first-order valence-electron chi connectivity index (χ1n) is 5.70. The fourth-order valence-corrected chi connectivity index (χ4v) is 1.26. The number of nitrogens with zero attached hydrogens (tertiary/aromatic N) is 1. The molecule has 0 unspecified atom stereocenters. The lowest BCUT2D eigenvalue weighted by atomic mass is 9.81. The lowest BCUT2D eigenvalue weighted by Gasteiger charge is -2.30. The van der Waals surface area contributed by atoms with E-state index in [1.165, 1.54) is 0 Å². The van der Waals surface area contributed by atoms with Gasteiger partial charge in [0, 0.05) is 6.54 Å². The highest BCUT2D eigenvalue weighted by Gasteiger charge is 2.22. The van der Waals surface area contributed by atoms with Gasteiger partial charge >= 0.3 is 0 Å². The maximum atomic E-state index is 8.97. The average molecular weight is 216 g/mol. The summed E-state index contributed by atoms with van der Waals surface area (Å²) < 4.78 is 0. The van der Waals surface area contributed by atoms with Crippen LogP contribution in [0.3, 0.4) is 0 Å². The van der Waals surface area contributed by atoms with Gasteiger partial charge in [0.1, 0.15) is 6.07 Å². The van der Waals surface area contributed by atoms with Gasteiger partial charge in [0.25, 0.3) is 0 Å². The standard InChI is InChI=1S/C14H20N2/c1-11(2)14(3,4)10-16-13-8-6-5-7-12(13)9-15/h5-8,11,16H,10H2,1-4H3. The number of nitrogens with one attached hydrogen (secondary N) is 1. The SMILES string of the molecule is CC(C)C(C)(C)CNc1ccccc1C#N. The second kappa shape index (κ2) is 5.03. The molecule has 16 heavy (non-hydrogen) atoms. The van der Waals surface area contributed by atoms with Crippen LogP contribution in [0.2, 0.25) is 0 Å². The van der Waals surface area contributed by atoms with E-state index >= 15 is 0 Å². The zero-order valence-corrected chi connectivity index (χ0v) is 10.5. The van der Waals surface area contributed by atoms with Gasteiger partial charge in [0.15, 0.2) is 0 Å². The summed E-state index contributed by atoms with van der Waals surface area (Å²) in [6.07, 6.45) is 0. The summed E-state index contributed by atoms with van der Waals surface area (Å²) in [5, 5.41) is 12.3. The highest BCUT2D eigenvalue weighted by atomic mass is 14.9. The molecule has 0 aliphatic carbocycles. The molecular formula is C14H20N2. The van der Waals surface area contributed by atoms with Gasteiger partial charge in [-0.3, -0.25) is 0 Å². The van der Waals surface area contributed by atoms with Crippen LogP contribution in [0.5, 0.6) is 0 Å². The number of para-hydroxylation sites is 1. The molecule has 0 bridgehead atoms. The monoisotopic (exact) mass is 216 g/mol. The lowest BCUT2D eigenvalue weighted by molar-refractivity contribution is 0.269. The molecule has 0 saturated heterocycles. The van der Waals surface area contributed by atoms with Crippen molar-refractivity contribution < 1.29 is 0 Å². The number of benzene rings is 1. The largest absolute Gasteiger partial charge is 0.383 e. The molecule has 2 heteroatoms. The third-order valence-electron chi connectivity index (χ3n) is 3.34. The van der Waals surface area contributed by atoms with Crippen molar-refractivity contribution in [3.8, 4) is 6.07 Å². The molecule has 0 saturated carbocycles. The van der Waals surface area contributed by atoms with Crippen LogP contribution in [0.25, 0.3) is 0 Å². The Morgan fingerprint density at radius 1 is 1.31 bits per heavy atom. The maximum Gasteiger partial charge on any atom is 0.101 e. The summed E-state index contributed by atoms with van der Waals surface area (Å²) in [4.78, 5) is 0. The van der Waals surface area contributed by atoms with Crippen molar-refractivity contribution in [2.24, 2.45) is 11.3 Å². The van der Waals surface area contributed by atoms with Gasteiger partial charge in [0.05, 0.1) is 11.3 Å². The van der Waals surface area contributed by atoms with Gasteiger partial charge in [-0.1, -0.05) is 39.8 Å². The van der Waals surface area contributed by atoms with E-state index in [2.05, 4.69) is 39.1 Å². The third kappa shape index (κ3) is 3.00. The topological polar surface area (TPSA) is 35.8 Å². The van der Waals surface area contributed by atoms with E-state index < -0.39 is 0 Å². The van der Waals surface area contributed by atoms with Crippen LogP contribution in [-0.2, 0) is 0 Å².